The Balaban J connectivity index is 1.86. The average Bonchev–Trinajstić information content (AvgIpc) is 3.03. The van der Waals surface area contributed by atoms with Gasteiger partial charge >= 0.3 is 6.03 Å². The van der Waals surface area contributed by atoms with E-state index in [2.05, 4.69) is 29.4 Å². The second-order valence-electron chi connectivity index (χ2n) is 8.20. The molecule has 0 spiro atoms. The van der Waals surface area contributed by atoms with Crippen LogP contribution in [0.2, 0.25) is 0 Å². The van der Waals surface area contributed by atoms with Crippen molar-refractivity contribution >= 4 is 6.03 Å². The van der Waals surface area contributed by atoms with Crippen LogP contribution in [0.25, 0.3) is 11.3 Å². The molecule has 5 nitrogen and oxygen atoms in total. The van der Waals surface area contributed by atoms with Gasteiger partial charge in [-0.3, -0.25) is 0 Å². The summed E-state index contributed by atoms with van der Waals surface area (Å²) in [6.07, 6.45) is 1.67. The van der Waals surface area contributed by atoms with Gasteiger partial charge in [-0.1, -0.05) is 19.9 Å². The lowest BCUT2D eigenvalue weighted by molar-refractivity contribution is 0.0528. The molecule has 1 aromatic heterocycles. The number of aromatic nitrogens is 2. The van der Waals surface area contributed by atoms with Gasteiger partial charge < -0.3 is 10.2 Å². The lowest BCUT2D eigenvalue weighted by Crippen LogP contribution is -2.55. The summed E-state index contributed by atoms with van der Waals surface area (Å²) in [5, 5.41) is 11.5. The first-order valence-corrected chi connectivity index (χ1v) is 9.59. The molecule has 2 atom stereocenters. The van der Waals surface area contributed by atoms with Crippen LogP contribution in [0.5, 0.6) is 0 Å². The summed E-state index contributed by atoms with van der Waals surface area (Å²) in [6, 6.07) is 5.36. The van der Waals surface area contributed by atoms with Gasteiger partial charge in [0.25, 0.3) is 0 Å². The number of carbonyl (C=O) groups is 1. The number of fused-ring (bicyclic) bond motifs is 5. The Bertz CT molecular complexity index is 941. The average molecular weight is 386 g/mol. The maximum Gasteiger partial charge on any atom is 0.317 e. The highest BCUT2D eigenvalue weighted by Crippen LogP contribution is 2.68. The molecule has 148 valence electrons. The van der Waals surface area contributed by atoms with Crippen LogP contribution in [0.15, 0.2) is 24.3 Å². The zero-order chi connectivity index (χ0) is 20.3. The first kappa shape index (κ1) is 18.8. The Morgan fingerprint density at radius 3 is 2.61 bits per heavy atom. The van der Waals surface area contributed by atoms with Crippen LogP contribution in [-0.4, -0.2) is 34.7 Å². The second kappa shape index (κ2) is 6.22. The Kier molecular flexibility index (Phi) is 4.17. The number of hydrogen-bond acceptors (Lipinski definition) is 3. The highest BCUT2D eigenvalue weighted by molar-refractivity contribution is 5.76. The van der Waals surface area contributed by atoms with Crippen LogP contribution >= 0.6 is 0 Å². The number of nitrogens with one attached hydrogen (secondary N) is 1. The number of carbonyl (C=O) groups excluding carboxylic acids is 1. The maximum atomic E-state index is 14.3. The molecule has 2 aliphatic carbocycles. The van der Waals surface area contributed by atoms with E-state index in [1.807, 2.05) is 6.92 Å². The maximum absolute atomic E-state index is 14.3. The summed E-state index contributed by atoms with van der Waals surface area (Å²) in [5.41, 5.74) is 0.836. The monoisotopic (exact) mass is 386 g/mol. The third kappa shape index (κ3) is 2.25. The quantitative estimate of drug-likeness (QED) is 0.860. The van der Waals surface area contributed by atoms with Crippen LogP contribution in [0.3, 0.4) is 0 Å². The molecule has 7 heteroatoms. The largest absolute Gasteiger partial charge is 0.338 e. The van der Waals surface area contributed by atoms with Gasteiger partial charge in [-0.2, -0.15) is 5.10 Å². The topological polar surface area (TPSA) is 58.1 Å². The molecule has 2 aromatic rings. The van der Waals surface area contributed by atoms with Crippen LogP contribution in [0.4, 0.5) is 13.6 Å². The number of hydrogen-bond donors (Lipinski definition) is 1. The summed E-state index contributed by atoms with van der Waals surface area (Å²) in [5.74, 6) is -1.18. The van der Waals surface area contributed by atoms with Gasteiger partial charge in [-0.25, -0.2) is 13.6 Å². The lowest BCUT2D eigenvalue weighted by atomic mass is 9.74. The molecule has 0 radical (unpaired) electrons. The van der Waals surface area contributed by atoms with E-state index in [1.165, 1.54) is 18.2 Å². The van der Waals surface area contributed by atoms with Gasteiger partial charge in [-0.05, 0) is 49.4 Å². The molecule has 4 rings (SSSR count). The molecule has 0 unspecified atom stereocenters. The fourth-order valence-electron chi connectivity index (χ4n) is 5.35. The molecule has 1 aromatic carbocycles. The molecular weight excluding hydrogens is 362 g/mol. The van der Waals surface area contributed by atoms with Crippen molar-refractivity contribution in [3.05, 3.63) is 47.2 Å². The minimum atomic E-state index is -0.661. The SMILES string of the molecule is CCNC(=O)N(C)[C@@]12CC[C@@H](c3cc(-c4c(F)cccc4F)nnc31)C2(C)C. The van der Waals surface area contributed by atoms with E-state index in [4.69, 9.17) is 0 Å². The molecule has 1 N–H and O–H groups in total. The standard InChI is InChI=1S/C21H24F2N4O/c1-5-24-19(28)27(4)21-10-9-13(20(21,2)3)12-11-16(25-26-18(12)21)17-14(22)7-6-8-15(17)23/h6-8,11,13H,5,9-10H2,1-4H3,(H,24,28)/t13-,21-/m0/s1. The zero-order valence-electron chi connectivity index (χ0n) is 16.5. The number of rotatable bonds is 3. The molecular formula is C21H24F2N4O. The van der Waals surface area contributed by atoms with Crippen molar-refractivity contribution < 1.29 is 13.6 Å². The van der Waals surface area contributed by atoms with E-state index < -0.39 is 17.2 Å². The minimum absolute atomic E-state index is 0.142. The Morgan fingerprint density at radius 1 is 1.29 bits per heavy atom. The van der Waals surface area contributed by atoms with Gasteiger partial charge in [0.15, 0.2) is 0 Å². The number of amides is 2. The van der Waals surface area contributed by atoms with Gasteiger partial charge in [0.1, 0.15) is 11.6 Å². The van der Waals surface area contributed by atoms with Crippen LogP contribution in [0, 0.1) is 17.0 Å². The predicted octanol–water partition coefficient (Wildman–Crippen LogP) is 4.20. The van der Waals surface area contributed by atoms with Crippen molar-refractivity contribution in [1.82, 2.24) is 20.4 Å². The number of halogens is 2. The smallest absolute Gasteiger partial charge is 0.317 e. The van der Waals surface area contributed by atoms with E-state index in [0.717, 1.165) is 24.1 Å². The Labute approximate surface area is 163 Å². The molecule has 0 aliphatic heterocycles. The van der Waals surface area contributed by atoms with E-state index in [0.29, 0.717) is 6.54 Å². The van der Waals surface area contributed by atoms with Crippen molar-refractivity contribution in [3.8, 4) is 11.3 Å². The Morgan fingerprint density at radius 2 is 1.96 bits per heavy atom. The molecule has 1 heterocycles. The molecule has 2 aliphatic rings. The van der Waals surface area contributed by atoms with Gasteiger partial charge in [0.05, 0.1) is 22.5 Å². The highest BCUT2D eigenvalue weighted by atomic mass is 19.1. The van der Waals surface area contributed by atoms with Crippen molar-refractivity contribution in [3.63, 3.8) is 0 Å². The predicted molar refractivity (Wildman–Crippen MR) is 102 cm³/mol. The fraction of sp³-hybridized carbons (Fsp3) is 0.476. The Hall–Kier alpha value is -2.57. The molecule has 1 fully saturated rings. The molecule has 0 saturated heterocycles. The number of urea groups is 1. The van der Waals surface area contributed by atoms with Gasteiger partial charge in [0.2, 0.25) is 0 Å². The lowest BCUT2D eigenvalue weighted by Gasteiger charge is -2.44. The summed E-state index contributed by atoms with van der Waals surface area (Å²) < 4.78 is 28.5. The van der Waals surface area contributed by atoms with Crippen molar-refractivity contribution in [2.45, 2.75) is 45.1 Å². The highest BCUT2D eigenvalue weighted by Gasteiger charge is 2.66. The van der Waals surface area contributed by atoms with Crippen molar-refractivity contribution in [2.24, 2.45) is 5.41 Å². The first-order chi connectivity index (χ1) is 13.3. The van der Waals surface area contributed by atoms with Crippen LogP contribution < -0.4 is 5.32 Å². The molecule has 28 heavy (non-hydrogen) atoms. The van der Waals surface area contributed by atoms with Gasteiger partial charge in [0, 0.05) is 19.0 Å². The fourth-order valence-corrected chi connectivity index (χ4v) is 5.35. The summed E-state index contributed by atoms with van der Waals surface area (Å²) in [7, 11) is 1.79. The number of nitrogens with zero attached hydrogens (tertiary/aromatic N) is 3. The van der Waals surface area contributed by atoms with E-state index in [9.17, 15) is 13.6 Å². The second-order valence-corrected chi connectivity index (χ2v) is 8.20. The van der Waals surface area contributed by atoms with Gasteiger partial charge in [-0.15, -0.1) is 5.10 Å². The van der Waals surface area contributed by atoms with E-state index in [-0.39, 0.29) is 28.6 Å². The van der Waals surface area contributed by atoms with Crippen molar-refractivity contribution in [1.29, 1.82) is 0 Å². The summed E-state index contributed by atoms with van der Waals surface area (Å²) >= 11 is 0. The van der Waals surface area contributed by atoms with Crippen LogP contribution in [0.1, 0.15) is 50.8 Å². The van der Waals surface area contributed by atoms with Crippen molar-refractivity contribution in [2.75, 3.05) is 13.6 Å². The minimum Gasteiger partial charge on any atom is -0.338 e. The summed E-state index contributed by atoms with van der Waals surface area (Å²) in [6.45, 7) is 6.67. The molecule has 2 bridgehead atoms. The normalized spacial score (nSPS) is 24.1. The third-order valence-electron chi connectivity index (χ3n) is 6.75. The third-order valence-corrected chi connectivity index (χ3v) is 6.75. The molecule has 1 saturated carbocycles. The number of benzene rings is 1. The summed E-state index contributed by atoms with van der Waals surface area (Å²) in [4.78, 5) is 14.4. The first-order valence-electron chi connectivity index (χ1n) is 9.59. The van der Waals surface area contributed by atoms with Crippen LogP contribution in [-0.2, 0) is 5.54 Å². The molecule has 2 amide bonds. The zero-order valence-corrected chi connectivity index (χ0v) is 16.5. The van der Waals surface area contributed by atoms with E-state index in [1.54, 1.807) is 18.0 Å². The van der Waals surface area contributed by atoms with E-state index >= 15 is 0 Å².